The molecule has 1 N–H and O–H groups in total. The van der Waals surface area contributed by atoms with E-state index in [1.807, 2.05) is 4.57 Å². The molecule has 1 saturated carbocycles. The Morgan fingerprint density at radius 1 is 1.21 bits per heavy atom. The van der Waals surface area contributed by atoms with Gasteiger partial charge in [0.25, 0.3) is 0 Å². The van der Waals surface area contributed by atoms with E-state index in [0.29, 0.717) is 33.8 Å². The smallest absolute Gasteiger partial charge is 0.320 e. The summed E-state index contributed by atoms with van der Waals surface area (Å²) in [5.74, 6) is 0.551. The highest BCUT2D eigenvalue weighted by Crippen LogP contribution is 2.40. The van der Waals surface area contributed by atoms with Gasteiger partial charge in [0.1, 0.15) is 28.5 Å². The van der Waals surface area contributed by atoms with E-state index in [1.165, 1.54) is 12.1 Å². The van der Waals surface area contributed by atoms with Gasteiger partial charge in [-0.15, -0.1) is 0 Å². The summed E-state index contributed by atoms with van der Waals surface area (Å²) in [4.78, 5) is 12.6. The van der Waals surface area contributed by atoms with Crippen molar-refractivity contribution >= 4 is 21.1 Å². The summed E-state index contributed by atoms with van der Waals surface area (Å²) >= 11 is 0. The molecule has 1 atom stereocenters. The lowest BCUT2D eigenvalue weighted by molar-refractivity contribution is -0.147. The van der Waals surface area contributed by atoms with Gasteiger partial charge >= 0.3 is 6.18 Å². The van der Waals surface area contributed by atoms with Crippen molar-refractivity contribution < 1.29 is 21.6 Å². The fraction of sp³-hybridized carbons (Fsp3) is 0.429. The van der Waals surface area contributed by atoms with Gasteiger partial charge in [-0.25, -0.2) is 18.4 Å². The number of alkyl halides is 3. The summed E-state index contributed by atoms with van der Waals surface area (Å²) in [6, 6.07) is 2.62. The van der Waals surface area contributed by atoms with Crippen LogP contribution in [0.4, 0.5) is 13.2 Å². The minimum Gasteiger partial charge on any atom is -0.320 e. The number of sulfonamides is 1. The third-order valence-electron chi connectivity index (χ3n) is 5.78. The number of fused-ring (bicyclic) bond motifs is 1. The zero-order valence-corrected chi connectivity index (χ0v) is 18.7. The molecule has 1 aliphatic rings. The van der Waals surface area contributed by atoms with E-state index in [-0.39, 0.29) is 6.04 Å². The fourth-order valence-corrected chi connectivity index (χ4v) is 5.28. The van der Waals surface area contributed by atoms with Gasteiger partial charge in [0.05, 0.1) is 22.3 Å². The molecule has 174 valence electrons. The third kappa shape index (κ3) is 4.30. The number of rotatable bonds is 5. The van der Waals surface area contributed by atoms with E-state index < -0.39 is 27.1 Å². The number of nitriles is 1. The Morgan fingerprint density at radius 3 is 2.48 bits per heavy atom. The monoisotopic (exact) mass is 478 g/mol. The van der Waals surface area contributed by atoms with Crippen LogP contribution in [-0.4, -0.2) is 40.2 Å². The van der Waals surface area contributed by atoms with Crippen LogP contribution in [-0.2, 0) is 10.0 Å². The Balaban J connectivity index is 1.81. The topological polar surface area (TPSA) is 114 Å². The van der Waals surface area contributed by atoms with Crippen molar-refractivity contribution in [1.29, 1.82) is 5.26 Å². The molecule has 3 aromatic rings. The lowest BCUT2D eigenvalue weighted by Crippen LogP contribution is -2.42. The minimum absolute atomic E-state index is 0.0958. The van der Waals surface area contributed by atoms with Crippen LogP contribution < -0.4 is 4.72 Å². The first-order valence-electron chi connectivity index (χ1n) is 10.4. The van der Waals surface area contributed by atoms with E-state index >= 15 is 0 Å². The van der Waals surface area contributed by atoms with Crippen LogP contribution in [0, 0.1) is 18.3 Å². The van der Waals surface area contributed by atoms with Crippen LogP contribution in [0.15, 0.2) is 29.4 Å². The Bertz CT molecular complexity index is 1340. The molecule has 0 radical (unpaired) electrons. The van der Waals surface area contributed by atoms with E-state index in [0.717, 1.165) is 38.8 Å². The standard InChI is InChI=1S/C21H21F3N6O2S/c1-12(21(22,23)24)29-33(31,32)15-7-8-18(27-10-15)19-16(9-25)17-11-26-13(2)28-20(17)30(19)14-5-3-4-6-14/h7-8,10-12,14,29H,3-6H2,1-2H3. The minimum atomic E-state index is -4.72. The summed E-state index contributed by atoms with van der Waals surface area (Å²) in [7, 11) is -4.44. The molecule has 1 aliphatic carbocycles. The largest absolute Gasteiger partial charge is 0.404 e. The van der Waals surface area contributed by atoms with Gasteiger partial charge in [-0.05, 0) is 38.8 Å². The highest BCUT2D eigenvalue weighted by Gasteiger charge is 2.39. The summed E-state index contributed by atoms with van der Waals surface area (Å²) in [6.45, 7) is 2.48. The van der Waals surface area contributed by atoms with Crippen LogP contribution in [0.5, 0.6) is 0 Å². The van der Waals surface area contributed by atoms with E-state index in [9.17, 15) is 26.9 Å². The zero-order valence-electron chi connectivity index (χ0n) is 17.9. The van der Waals surface area contributed by atoms with Gasteiger partial charge in [-0.2, -0.15) is 23.2 Å². The molecule has 0 bridgehead atoms. The molecule has 4 rings (SSSR count). The molecule has 1 unspecified atom stereocenters. The van der Waals surface area contributed by atoms with Crippen LogP contribution in [0.25, 0.3) is 22.4 Å². The maximum atomic E-state index is 12.8. The van der Waals surface area contributed by atoms with Crippen LogP contribution in [0.2, 0.25) is 0 Å². The second kappa shape index (κ2) is 8.39. The molecule has 8 nitrogen and oxygen atoms in total. The summed E-state index contributed by atoms with van der Waals surface area (Å²) in [5, 5.41) is 10.5. The second-order valence-corrected chi connectivity index (χ2v) is 9.78. The molecule has 1 fully saturated rings. The van der Waals surface area contributed by atoms with Crippen molar-refractivity contribution in [3.63, 3.8) is 0 Å². The Morgan fingerprint density at radius 2 is 1.91 bits per heavy atom. The fourth-order valence-electron chi connectivity index (χ4n) is 4.10. The number of nitrogens with zero attached hydrogens (tertiary/aromatic N) is 5. The van der Waals surface area contributed by atoms with Crippen molar-refractivity contribution in [1.82, 2.24) is 24.2 Å². The van der Waals surface area contributed by atoms with Gasteiger partial charge in [0.15, 0.2) is 0 Å². The molecule has 3 aromatic heterocycles. The number of nitrogens with one attached hydrogen (secondary N) is 1. The van der Waals surface area contributed by atoms with Crippen molar-refractivity contribution in [2.75, 3.05) is 0 Å². The zero-order chi connectivity index (χ0) is 24.0. The first kappa shape index (κ1) is 23.1. The quantitative estimate of drug-likeness (QED) is 0.593. The van der Waals surface area contributed by atoms with Crippen molar-refractivity contribution in [2.24, 2.45) is 0 Å². The van der Waals surface area contributed by atoms with E-state index in [1.54, 1.807) is 17.8 Å². The molecule has 0 spiro atoms. The number of hydrogen-bond donors (Lipinski definition) is 1. The maximum Gasteiger partial charge on any atom is 0.404 e. The number of aromatic nitrogens is 4. The van der Waals surface area contributed by atoms with E-state index in [2.05, 4.69) is 21.0 Å². The molecule has 3 heterocycles. The molecular formula is C21H21F3N6O2S. The molecule has 0 aromatic carbocycles. The average Bonchev–Trinajstić information content (AvgIpc) is 3.38. The number of halogens is 3. The maximum absolute atomic E-state index is 12.8. The Hall–Kier alpha value is -3.04. The van der Waals surface area contributed by atoms with Gasteiger partial charge in [-0.1, -0.05) is 12.8 Å². The van der Waals surface area contributed by atoms with Gasteiger partial charge in [0, 0.05) is 18.4 Å². The van der Waals surface area contributed by atoms with E-state index in [4.69, 9.17) is 0 Å². The highest BCUT2D eigenvalue weighted by molar-refractivity contribution is 7.89. The molecule has 0 saturated heterocycles. The molecule has 12 heteroatoms. The van der Waals surface area contributed by atoms with Gasteiger partial charge in [-0.3, -0.25) is 4.98 Å². The number of pyridine rings is 1. The lowest BCUT2D eigenvalue weighted by Gasteiger charge is -2.18. The number of aryl methyl sites for hydroxylation is 1. The molecule has 0 aliphatic heterocycles. The van der Waals surface area contributed by atoms with Crippen LogP contribution >= 0.6 is 0 Å². The summed E-state index contributed by atoms with van der Waals surface area (Å²) < 4.78 is 66.8. The van der Waals surface area contributed by atoms with Gasteiger partial charge < -0.3 is 4.57 Å². The van der Waals surface area contributed by atoms with Crippen molar-refractivity contribution in [3.8, 4) is 17.5 Å². The van der Waals surface area contributed by atoms with Crippen molar-refractivity contribution in [3.05, 3.63) is 35.9 Å². The Labute approximate surface area is 188 Å². The first-order valence-corrected chi connectivity index (χ1v) is 11.8. The third-order valence-corrected chi connectivity index (χ3v) is 7.30. The van der Waals surface area contributed by atoms with Crippen LogP contribution in [0.1, 0.15) is 50.0 Å². The Kier molecular flexibility index (Phi) is 5.88. The SMILES string of the molecule is Cc1ncc2c(C#N)c(-c3ccc(S(=O)(=O)NC(C)C(F)(F)F)cn3)n(C3CCCC3)c2n1. The average molecular weight is 479 g/mol. The predicted octanol–water partition coefficient (Wildman–Crippen LogP) is 4.02. The first-order chi connectivity index (χ1) is 15.5. The summed E-state index contributed by atoms with van der Waals surface area (Å²) in [5.41, 5.74) is 1.76. The number of hydrogen-bond acceptors (Lipinski definition) is 6. The van der Waals surface area contributed by atoms with Crippen molar-refractivity contribution in [2.45, 2.75) is 62.7 Å². The predicted molar refractivity (Wildman–Crippen MR) is 114 cm³/mol. The normalized spacial score (nSPS) is 16.2. The molecular weight excluding hydrogens is 457 g/mol. The molecule has 0 amide bonds. The second-order valence-electron chi connectivity index (χ2n) is 8.06. The highest BCUT2D eigenvalue weighted by atomic mass is 32.2. The molecule has 33 heavy (non-hydrogen) atoms. The lowest BCUT2D eigenvalue weighted by atomic mass is 10.1. The van der Waals surface area contributed by atoms with Crippen LogP contribution in [0.3, 0.4) is 0 Å². The van der Waals surface area contributed by atoms with Gasteiger partial charge in [0.2, 0.25) is 10.0 Å². The summed E-state index contributed by atoms with van der Waals surface area (Å²) in [6.07, 6.45) is 1.73.